The Morgan fingerprint density at radius 1 is 1.26 bits per heavy atom. The third-order valence-electron chi connectivity index (χ3n) is 3.93. The number of morpholine rings is 1. The van der Waals surface area contributed by atoms with Crippen molar-refractivity contribution in [1.82, 2.24) is 10.2 Å². The molecule has 1 aromatic carbocycles. The van der Waals surface area contributed by atoms with E-state index in [0.717, 1.165) is 30.8 Å². The van der Waals surface area contributed by atoms with Gasteiger partial charge in [0.1, 0.15) is 0 Å². The smallest absolute Gasteiger partial charge is 0.252 e. The Kier molecular flexibility index (Phi) is 5.83. The van der Waals surface area contributed by atoms with Crippen LogP contribution >= 0.6 is 27.3 Å². The van der Waals surface area contributed by atoms with Crippen molar-refractivity contribution in [2.45, 2.75) is 6.04 Å². The molecule has 6 heteroatoms. The first-order valence-corrected chi connectivity index (χ1v) is 9.31. The molecule has 0 aliphatic carbocycles. The molecular weight excluding hydrogens is 376 g/mol. The predicted octanol–water partition coefficient (Wildman–Crippen LogP) is 3.31. The zero-order valence-electron chi connectivity index (χ0n) is 12.7. The van der Waals surface area contributed by atoms with Crippen LogP contribution in [0.3, 0.4) is 0 Å². The van der Waals surface area contributed by atoms with Crippen molar-refractivity contribution in [3.05, 3.63) is 56.7 Å². The van der Waals surface area contributed by atoms with E-state index in [-0.39, 0.29) is 11.9 Å². The zero-order chi connectivity index (χ0) is 16.1. The Bertz CT molecular complexity index is 642. The number of rotatable bonds is 5. The van der Waals surface area contributed by atoms with E-state index in [1.165, 1.54) is 4.88 Å². The van der Waals surface area contributed by atoms with E-state index in [9.17, 15) is 4.79 Å². The molecule has 1 N–H and O–H groups in total. The van der Waals surface area contributed by atoms with Gasteiger partial charge in [-0.05, 0) is 39.5 Å². The molecule has 2 heterocycles. The van der Waals surface area contributed by atoms with E-state index in [2.05, 4.69) is 43.7 Å². The maximum absolute atomic E-state index is 12.4. The van der Waals surface area contributed by atoms with Crippen molar-refractivity contribution in [3.63, 3.8) is 0 Å². The lowest BCUT2D eigenvalue weighted by Crippen LogP contribution is -2.43. The van der Waals surface area contributed by atoms with E-state index in [1.54, 1.807) is 11.3 Å². The Balaban J connectivity index is 1.69. The molecule has 0 bridgehead atoms. The van der Waals surface area contributed by atoms with E-state index in [0.29, 0.717) is 12.1 Å². The number of hydrogen-bond donors (Lipinski definition) is 1. The topological polar surface area (TPSA) is 41.6 Å². The number of nitrogens with one attached hydrogen (secondary N) is 1. The minimum Gasteiger partial charge on any atom is -0.379 e. The van der Waals surface area contributed by atoms with Gasteiger partial charge in [0.25, 0.3) is 5.91 Å². The van der Waals surface area contributed by atoms with Crippen LogP contribution in [-0.2, 0) is 4.74 Å². The van der Waals surface area contributed by atoms with Gasteiger partial charge in [-0.15, -0.1) is 11.3 Å². The molecule has 1 saturated heterocycles. The van der Waals surface area contributed by atoms with Crippen LogP contribution in [-0.4, -0.2) is 43.7 Å². The van der Waals surface area contributed by atoms with Crippen LogP contribution in [0.4, 0.5) is 0 Å². The van der Waals surface area contributed by atoms with E-state index < -0.39 is 0 Å². The Morgan fingerprint density at radius 3 is 2.74 bits per heavy atom. The lowest BCUT2D eigenvalue weighted by Gasteiger charge is -2.34. The van der Waals surface area contributed by atoms with Crippen LogP contribution in [0.1, 0.15) is 21.3 Å². The number of carbonyl (C=O) groups excluding carboxylic acids is 1. The summed E-state index contributed by atoms with van der Waals surface area (Å²) >= 11 is 5.17. The molecule has 1 amide bonds. The van der Waals surface area contributed by atoms with Crippen molar-refractivity contribution in [3.8, 4) is 0 Å². The molecule has 0 saturated carbocycles. The second-order valence-electron chi connectivity index (χ2n) is 5.37. The molecule has 0 unspecified atom stereocenters. The molecule has 1 aliphatic rings. The van der Waals surface area contributed by atoms with Gasteiger partial charge in [0.2, 0.25) is 0 Å². The Labute approximate surface area is 148 Å². The number of thiophene rings is 1. The van der Waals surface area contributed by atoms with Crippen molar-refractivity contribution >= 4 is 33.2 Å². The highest BCUT2D eigenvalue weighted by atomic mass is 79.9. The molecule has 3 rings (SSSR count). The van der Waals surface area contributed by atoms with Crippen LogP contribution in [0.25, 0.3) is 0 Å². The molecule has 0 spiro atoms. The lowest BCUT2D eigenvalue weighted by atomic mass is 10.1. The monoisotopic (exact) mass is 394 g/mol. The molecule has 0 radical (unpaired) electrons. The standard InChI is InChI=1S/C17H19BrN2O2S/c18-14-5-2-1-4-13(14)17(21)19-12-15(16-6-3-11-23-16)20-7-9-22-10-8-20/h1-6,11,15H,7-10,12H2,(H,19,21)/t15-/m1/s1. The van der Waals surface area contributed by atoms with Crippen molar-refractivity contribution < 1.29 is 9.53 Å². The fourth-order valence-electron chi connectivity index (χ4n) is 2.71. The van der Waals surface area contributed by atoms with E-state index >= 15 is 0 Å². The highest BCUT2D eigenvalue weighted by Crippen LogP contribution is 2.25. The van der Waals surface area contributed by atoms with Gasteiger partial charge in [0, 0.05) is 29.0 Å². The molecule has 122 valence electrons. The summed E-state index contributed by atoms with van der Waals surface area (Å²) in [6, 6.07) is 11.9. The Morgan fingerprint density at radius 2 is 2.04 bits per heavy atom. The van der Waals surface area contributed by atoms with Crippen molar-refractivity contribution in [1.29, 1.82) is 0 Å². The first-order valence-electron chi connectivity index (χ1n) is 7.63. The van der Waals surface area contributed by atoms with E-state index in [4.69, 9.17) is 4.74 Å². The number of halogens is 1. The number of carbonyl (C=O) groups is 1. The highest BCUT2D eigenvalue weighted by molar-refractivity contribution is 9.10. The van der Waals surface area contributed by atoms with Gasteiger partial charge < -0.3 is 10.1 Å². The first-order chi connectivity index (χ1) is 11.3. The highest BCUT2D eigenvalue weighted by Gasteiger charge is 2.24. The van der Waals surface area contributed by atoms with Crippen molar-refractivity contribution in [2.24, 2.45) is 0 Å². The van der Waals surface area contributed by atoms with Crippen LogP contribution < -0.4 is 5.32 Å². The van der Waals surface area contributed by atoms with Gasteiger partial charge in [0.15, 0.2) is 0 Å². The van der Waals surface area contributed by atoms with Crippen LogP contribution in [0, 0.1) is 0 Å². The summed E-state index contributed by atoms with van der Waals surface area (Å²) < 4.78 is 6.26. The molecule has 1 fully saturated rings. The summed E-state index contributed by atoms with van der Waals surface area (Å²) in [5.74, 6) is -0.0488. The minimum absolute atomic E-state index is 0.0488. The second-order valence-corrected chi connectivity index (χ2v) is 7.20. The Hall–Kier alpha value is -1.21. The van der Waals surface area contributed by atoms with Gasteiger partial charge >= 0.3 is 0 Å². The summed E-state index contributed by atoms with van der Waals surface area (Å²) in [5, 5.41) is 5.16. The van der Waals surface area contributed by atoms with Crippen molar-refractivity contribution in [2.75, 3.05) is 32.8 Å². The summed E-state index contributed by atoms with van der Waals surface area (Å²) in [4.78, 5) is 16.1. The van der Waals surface area contributed by atoms with Gasteiger partial charge in [-0.3, -0.25) is 9.69 Å². The molecule has 1 aromatic heterocycles. The number of ether oxygens (including phenoxy) is 1. The van der Waals surface area contributed by atoms with Gasteiger partial charge in [0.05, 0.1) is 24.8 Å². The molecular formula is C17H19BrN2O2S. The maximum Gasteiger partial charge on any atom is 0.252 e. The number of benzene rings is 1. The van der Waals surface area contributed by atoms with Gasteiger partial charge in [-0.2, -0.15) is 0 Å². The summed E-state index contributed by atoms with van der Waals surface area (Å²) in [6.45, 7) is 3.89. The fraction of sp³-hybridized carbons (Fsp3) is 0.353. The molecule has 4 nitrogen and oxygen atoms in total. The predicted molar refractivity (Wildman–Crippen MR) is 95.9 cm³/mol. The number of nitrogens with zero attached hydrogens (tertiary/aromatic N) is 1. The van der Waals surface area contributed by atoms with E-state index in [1.807, 2.05) is 24.3 Å². The van der Waals surface area contributed by atoms with Crippen LogP contribution in [0.15, 0.2) is 46.3 Å². The fourth-order valence-corrected chi connectivity index (χ4v) is 4.04. The third kappa shape index (κ3) is 4.20. The van der Waals surface area contributed by atoms with Crippen LogP contribution in [0.2, 0.25) is 0 Å². The first kappa shape index (κ1) is 16.6. The summed E-state index contributed by atoms with van der Waals surface area (Å²) in [7, 11) is 0. The quantitative estimate of drug-likeness (QED) is 0.845. The largest absolute Gasteiger partial charge is 0.379 e. The summed E-state index contributed by atoms with van der Waals surface area (Å²) in [6.07, 6.45) is 0. The average molecular weight is 395 g/mol. The average Bonchev–Trinajstić information content (AvgIpc) is 3.10. The van der Waals surface area contributed by atoms with Gasteiger partial charge in [-0.25, -0.2) is 0 Å². The minimum atomic E-state index is -0.0488. The lowest BCUT2D eigenvalue weighted by molar-refractivity contribution is 0.0169. The molecule has 23 heavy (non-hydrogen) atoms. The number of hydrogen-bond acceptors (Lipinski definition) is 4. The van der Waals surface area contributed by atoms with Crippen LogP contribution in [0.5, 0.6) is 0 Å². The molecule has 1 atom stereocenters. The molecule has 1 aliphatic heterocycles. The van der Waals surface area contributed by atoms with Gasteiger partial charge in [-0.1, -0.05) is 18.2 Å². The normalized spacial score (nSPS) is 16.9. The number of amides is 1. The SMILES string of the molecule is O=C(NC[C@H](c1cccs1)N1CCOCC1)c1ccccc1Br. The second kappa shape index (κ2) is 8.06. The summed E-state index contributed by atoms with van der Waals surface area (Å²) in [5.41, 5.74) is 0.666. The molecule has 2 aromatic rings. The maximum atomic E-state index is 12.4. The third-order valence-corrected chi connectivity index (χ3v) is 5.60. The zero-order valence-corrected chi connectivity index (χ0v) is 15.1.